The smallest absolute Gasteiger partial charge is 0.422 e. The highest BCUT2D eigenvalue weighted by Crippen LogP contribution is 2.41. The molecule has 0 bridgehead atoms. The van der Waals surface area contributed by atoms with Gasteiger partial charge in [0.2, 0.25) is 0 Å². The number of benzene rings is 1. The van der Waals surface area contributed by atoms with E-state index in [1.54, 1.807) is 0 Å². The van der Waals surface area contributed by atoms with Crippen molar-refractivity contribution in [1.82, 2.24) is 0 Å². The van der Waals surface area contributed by atoms with Crippen molar-refractivity contribution in [2.45, 2.75) is 64.5 Å². The van der Waals surface area contributed by atoms with E-state index in [1.165, 1.54) is 25.7 Å². The summed E-state index contributed by atoms with van der Waals surface area (Å²) < 4.78 is 70.5. The molecule has 152 valence electrons. The summed E-state index contributed by atoms with van der Waals surface area (Å²) in [7, 11) is 0. The second kappa shape index (κ2) is 8.36. The van der Waals surface area contributed by atoms with Crippen LogP contribution >= 0.6 is 0 Å². The Morgan fingerprint density at radius 1 is 0.852 bits per heavy atom. The van der Waals surface area contributed by atoms with Gasteiger partial charge in [-0.1, -0.05) is 19.8 Å². The van der Waals surface area contributed by atoms with E-state index in [9.17, 15) is 22.0 Å². The van der Waals surface area contributed by atoms with Gasteiger partial charge in [0.1, 0.15) is 22.9 Å². The second-order valence-corrected chi connectivity index (χ2v) is 8.37. The molecule has 2 aliphatic carbocycles. The van der Waals surface area contributed by atoms with Crippen LogP contribution < -0.4 is 4.74 Å². The minimum Gasteiger partial charge on any atom is -0.493 e. The van der Waals surface area contributed by atoms with Crippen LogP contribution in [0.4, 0.5) is 22.0 Å². The van der Waals surface area contributed by atoms with Crippen molar-refractivity contribution >= 4 is 0 Å². The summed E-state index contributed by atoms with van der Waals surface area (Å²) in [6, 6.07) is 1.25. The van der Waals surface area contributed by atoms with Gasteiger partial charge in [-0.15, -0.1) is 0 Å². The van der Waals surface area contributed by atoms with E-state index in [-0.39, 0.29) is 11.7 Å². The molecule has 2 fully saturated rings. The molecule has 0 spiro atoms. The average Bonchev–Trinajstić information content (AvgIpc) is 2.59. The van der Waals surface area contributed by atoms with Crippen molar-refractivity contribution in [3.05, 3.63) is 29.3 Å². The Kier molecular flexibility index (Phi) is 6.32. The van der Waals surface area contributed by atoms with E-state index >= 15 is 0 Å². The van der Waals surface area contributed by atoms with Gasteiger partial charge in [-0.25, -0.2) is 8.78 Å². The maximum absolute atomic E-state index is 13.6. The molecule has 3 rings (SSSR count). The van der Waals surface area contributed by atoms with Gasteiger partial charge < -0.3 is 4.74 Å². The van der Waals surface area contributed by atoms with Crippen LogP contribution in [0, 0.1) is 35.3 Å². The first-order chi connectivity index (χ1) is 12.7. The van der Waals surface area contributed by atoms with Gasteiger partial charge in [0, 0.05) is 12.1 Å². The molecule has 1 aromatic carbocycles. The zero-order chi connectivity index (χ0) is 19.6. The third kappa shape index (κ3) is 5.14. The SMILES string of the molecule is CC1CCC(C2CCC(COc3cc(F)c(C(F)(F)F)c(F)c3)CC2)CC1. The molecular formula is C21H27F5O. The van der Waals surface area contributed by atoms with Gasteiger partial charge in [-0.2, -0.15) is 13.2 Å². The first-order valence-corrected chi connectivity index (χ1v) is 9.93. The van der Waals surface area contributed by atoms with Gasteiger partial charge in [-0.05, 0) is 62.2 Å². The molecule has 0 N–H and O–H groups in total. The van der Waals surface area contributed by atoms with Crippen LogP contribution in [0.3, 0.4) is 0 Å². The van der Waals surface area contributed by atoms with Crippen molar-refractivity contribution in [2.24, 2.45) is 23.7 Å². The molecule has 6 heteroatoms. The van der Waals surface area contributed by atoms with E-state index in [0.717, 1.165) is 43.4 Å². The Morgan fingerprint density at radius 2 is 1.33 bits per heavy atom. The van der Waals surface area contributed by atoms with E-state index in [4.69, 9.17) is 4.74 Å². The molecule has 2 aliphatic rings. The standard InChI is InChI=1S/C21H27F5O/c1-13-2-6-15(7-3-13)16-8-4-14(5-9-16)12-27-17-10-18(22)20(19(23)11-17)21(24,25)26/h10-11,13-16H,2-9,12H2,1H3. The number of ether oxygens (including phenoxy) is 1. The zero-order valence-corrected chi connectivity index (χ0v) is 15.6. The van der Waals surface area contributed by atoms with Crippen LogP contribution in [0.25, 0.3) is 0 Å². The molecule has 0 aromatic heterocycles. The van der Waals surface area contributed by atoms with Gasteiger partial charge in [0.15, 0.2) is 0 Å². The van der Waals surface area contributed by atoms with E-state index in [0.29, 0.717) is 18.7 Å². The summed E-state index contributed by atoms with van der Waals surface area (Å²) in [6.07, 6.45) is 4.50. The summed E-state index contributed by atoms with van der Waals surface area (Å²) in [5.74, 6) is -0.731. The number of halogens is 5. The Morgan fingerprint density at radius 3 is 1.81 bits per heavy atom. The van der Waals surface area contributed by atoms with Crippen LogP contribution in [-0.4, -0.2) is 6.61 Å². The van der Waals surface area contributed by atoms with Crippen LogP contribution in [-0.2, 0) is 6.18 Å². The summed E-state index contributed by atoms with van der Waals surface area (Å²) in [4.78, 5) is 0. The van der Waals surface area contributed by atoms with Crippen LogP contribution in [0.5, 0.6) is 5.75 Å². The van der Waals surface area contributed by atoms with Crippen molar-refractivity contribution in [1.29, 1.82) is 0 Å². The molecule has 0 radical (unpaired) electrons. The largest absolute Gasteiger partial charge is 0.493 e. The fourth-order valence-electron chi connectivity index (χ4n) is 4.70. The second-order valence-electron chi connectivity index (χ2n) is 8.37. The lowest BCUT2D eigenvalue weighted by Crippen LogP contribution is -2.27. The first kappa shape index (κ1) is 20.4. The highest BCUT2D eigenvalue weighted by molar-refractivity contribution is 5.32. The highest BCUT2D eigenvalue weighted by atomic mass is 19.4. The molecular weight excluding hydrogens is 363 g/mol. The molecule has 0 heterocycles. The summed E-state index contributed by atoms with van der Waals surface area (Å²) in [5.41, 5.74) is -1.86. The summed E-state index contributed by atoms with van der Waals surface area (Å²) >= 11 is 0. The maximum atomic E-state index is 13.6. The lowest BCUT2D eigenvalue weighted by Gasteiger charge is -2.37. The summed E-state index contributed by atoms with van der Waals surface area (Å²) in [5, 5.41) is 0. The van der Waals surface area contributed by atoms with E-state index in [1.807, 2.05) is 0 Å². The number of rotatable bonds is 4. The molecule has 0 atom stereocenters. The van der Waals surface area contributed by atoms with Crippen molar-refractivity contribution in [2.75, 3.05) is 6.61 Å². The van der Waals surface area contributed by atoms with Crippen LogP contribution in [0.2, 0.25) is 0 Å². The topological polar surface area (TPSA) is 9.23 Å². The van der Waals surface area contributed by atoms with Crippen LogP contribution in [0.1, 0.15) is 63.9 Å². The Hall–Kier alpha value is -1.33. The predicted molar refractivity (Wildman–Crippen MR) is 93.4 cm³/mol. The van der Waals surface area contributed by atoms with Gasteiger partial charge in [-0.3, -0.25) is 0 Å². The molecule has 0 aliphatic heterocycles. The minimum absolute atomic E-state index is 0.179. The van der Waals surface area contributed by atoms with E-state index in [2.05, 4.69) is 6.92 Å². The van der Waals surface area contributed by atoms with Crippen molar-refractivity contribution in [3.63, 3.8) is 0 Å². The fourth-order valence-corrected chi connectivity index (χ4v) is 4.70. The summed E-state index contributed by atoms with van der Waals surface area (Å²) in [6.45, 7) is 2.61. The highest BCUT2D eigenvalue weighted by Gasteiger charge is 2.38. The average molecular weight is 390 g/mol. The monoisotopic (exact) mass is 390 g/mol. The lowest BCUT2D eigenvalue weighted by molar-refractivity contribution is -0.142. The third-order valence-corrected chi connectivity index (χ3v) is 6.40. The van der Waals surface area contributed by atoms with Crippen LogP contribution in [0.15, 0.2) is 12.1 Å². The normalized spacial score (nSPS) is 29.6. The third-order valence-electron chi connectivity index (χ3n) is 6.40. The van der Waals surface area contributed by atoms with Crippen molar-refractivity contribution in [3.8, 4) is 5.75 Å². The number of alkyl halides is 3. The molecule has 1 aromatic rings. The zero-order valence-electron chi connectivity index (χ0n) is 15.6. The molecule has 1 nitrogen and oxygen atoms in total. The lowest BCUT2D eigenvalue weighted by atomic mass is 9.69. The van der Waals surface area contributed by atoms with Crippen molar-refractivity contribution < 1.29 is 26.7 Å². The Balaban J connectivity index is 1.49. The van der Waals surface area contributed by atoms with Gasteiger partial charge in [0.05, 0.1) is 6.61 Å². The van der Waals surface area contributed by atoms with E-state index < -0.39 is 23.4 Å². The minimum atomic E-state index is -5.05. The Labute approximate surface area is 157 Å². The molecule has 2 saturated carbocycles. The molecule has 0 amide bonds. The van der Waals surface area contributed by atoms with Gasteiger partial charge >= 0.3 is 6.18 Å². The van der Waals surface area contributed by atoms with Gasteiger partial charge in [0.25, 0.3) is 0 Å². The molecule has 0 unspecified atom stereocenters. The maximum Gasteiger partial charge on any atom is 0.422 e. The quantitative estimate of drug-likeness (QED) is 0.503. The molecule has 27 heavy (non-hydrogen) atoms. The first-order valence-electron chi connectivity index (χ1n) is 9.93. The number of hydrogen-bond acceptors (Lipinski definition) is 1. The Bertz CT molecular complexity index is 603. The molecule has 0 saturated heterocycles. The predicted octanol–water partition coefficient (Wildman–Crippen LogP) is 7.00. The number of hydrogen-bond donors (Lipinski definition) is 0. The fraction of sp³-hybridized carbons (Fsp3) is 0.714.